The Morgan fingerprint density at radius 2 is 1.83 bits per heavy atom. The van der Waals surface area contributed by atoms with Gasteiger partial charge in [-0.1, -0.05) is 17.3 Å². The molecular formula is C23H24FN5S. The van der Waals surface area contributed by atoms with Crippen LogP contribution in [-0.2, 0) is 6.42 Å². The molecule has 0 atom stereocenters. The third-order valence-corrected chi connectivity index (χ3v) is 6.89. The first-order valence-corrected chi connectivity index (χ1v) is 11.2. The van der Waals surface area contributed by atoms with Crippen LogP contribution in [0.5, 0.6) is 0 Å². The minimum atomic E-state index is -0.213. The lowest BCUT2D eigenvalue weighted by Gasteiger charge is -2.32. The Labute approximate surface area is 179 Å². The molecule has 0 spiro atoms. The van der Waals surface area contributed by atoms with Gasteiger partial charge in [0.15, 0.2) is 0 Å². The molecule has 4 aromatic rings. The average Bonchev–Trinajstić information content (AvgIpc) is 3.37. The van der Waals surface area contributed by atoms with Crippen molar-refractivity contribution in [1.29, 1.82) is 0 Å². The fourth-order valence-corrected chi connectivity index (χ4v) is 5.22. The standard InChI is InChI=1S/C23H24FN5S/c1-16-25-23(17-6-8-18(24)9-7-17)22(30-16)12-15-28-13-10-19(11-14-28)29-21-5-3-2-4-20(21)26-27-29/h2-9,19H,10-15H2,1H3. The van der Waals surface area contributed by atoms with Crippen molar-refractivity contribution in [3.05, 3.63) is 64.2 Å². The van der Waals surface area contributed by atoms with Crippen LogP contribution in [0.2, 0.25) is 0 Å². The largest absolute Gasteiger partial charge is 0.303 e. The second-order valence-electron chi connectivity index (χ2n) is 7.86. The van der Waals surface area contributed by atoms with Crippen molar-refractivity contribution in [2.75, 3.05) is 19.6 Å². The van der Waals surface area contributed by atoms with Gasteiger partial charge in [0.1, 0.15) is 11.3 Å². The van der Waals surface area contributed by atoms with Gasteiger partial charge in [-0.2, -0.15) is 0 Å². The highest BCUT2D eigenvalue weighted by Crippen LogP contribution is 2.30. The van der Waals surface area contributed by atoms with E-state index in [1.54, 1.807) is 11.3 Å². The van der Waals surface area contributed by atoms with Crippen LogP contribution < -0.4 is 0 Å². The second kappa shape index (κ2) is 8.24. The maximum absolute atomic E-state index is 13.3. The van der Waals surface area contributed by atoms with Crippen LogP contribution in [0.4, 0.5) is 4.39 Å². The summed E-state index contributed by atoms with van der Waals surface area (Å²) in [7, 11) is 0. The highest BCUT2D eigenvalue weighted by molar-refractivity contribution is 7.12. The Hall–Kier alpha value is -2.64. The van der Waals surface area contributed by atoms with Crippen molar-refractivity contribution in [1.82, 2.24) is 24.9 Å². The Bertz CT molecular complexity index is 1140. The number of thiazole rings is 1. The van der Waals surface area contributed by atoms with Crippen molar-refractivity contribution >= 4 is 22.4 Å². The third-order valence-electron chi connectivity index (χ3n) is 5.86. The summed E-state index contributed by atoms with van der Waals surface area (Å²) in [6.45, 7) is 5.17. The van der Waals surface area contributed by atoms with Gasteiger partial charge in [0.05, 0.1) is 22.3 Å². The first-order chi connectivity index (χ1) is 14.7. The van der Waals surface area contributed by atoms with Gasteiger partial charge in [0, 0.05) is 30.1 Å². The molecule has 0 unspecified atom stereocenters. The molecule has 0 bridgehead atoms. The average molecular weight is 422 g/mol. The molecule has 1 saturated heterocycles. The van der Waals surface area contributed by atoms with E-state index in [1.165, 1.54) is 17.0 Å². The highest BCUT2D eigenvalue weighted by atomic mass is 32.1. The molecule has 7 heteroatoms. The minimum Gasteiger partial charge on any atom is -0.303 e. The van der Waals surface area contributed by atoms with E-state index in [1.807, 2.05) is 37.3 Å². The van der Waals surface area contributed by atoms with E-state index >= 15 is 0 Å². The van der Waals surface area contributed by atoms with Crippen molar-refractivity contribution in [3.63, 3.8) is 0 Å². The van der Waals surface area contributed by atoms with E-state index in [0.717, 1.165) is 66.2 Å². The van der Waals surface area contributed by atoms with E-state index < -0.39 is 0 Å². The zero-order chi connectivity index (χ0) is 20.5. The minimum absolute atomic E-state index is 0.213. The van der Waals surface area contributed by atoms with Crippen LogP contribution in [0.15, 0.2) is 48.5 Å². The molecule has 3 heterocycles. The Morgan fingerprint density at radius 1 is 1.07 bits per heavy atom. The number of nitrogens with zero attached hydrogens (tertiary/aromatic N) is 5. The lowest BCUT2D eigenvalue weighted by Crippen LogP contribution is -2.36. The molecule has 0 amide bonds. The smallest absolute Gasteiger partial charge is 0.123 e. The van der Waals surface area contributed by atoms with Crippen molar-refractivity contribution in [3.8, 4) is 11.3 Å². The van der Waals surface area contributed by atoms with Crippen LogP contribution in [0.1, 0.15) is 28.8 Å². The zero-order valence-electron chi connectivity index (χ0n) is 17.0. The molecule has 0 aliphatic carbocycles. The first-order valence-electron chi connectivity index (χ1n) is 10.4. The van der Waals surface area contributed by atoms with Gasteiger partial charge in [-0.05, 0) is 62.6 Å². The van der Waals surface area contributed by atoms with Gasteiger partial charge in [-0.25, -0.2) is 14.1 Å². The van der Waals surface area contributed by atoms with Crippen LogP contribution in [0.3, 0.4) is 0 Å². The summed E-state index contributed by atoms with van der Waals surface area (Å²) in [5.41, 5.74) is 4.09. The number of likely N-dealkylation sites (tertiary alicyclic amines) is 1. The number of para-hydroxylation sites is 1. The number of rotatable bonds is 5. The summed E-state index contributed by atoms with van der Waals surface area (Å²) in [4.78, 5) is 8.52. The highest BCUT2D eigenvalue weighted by Gasteiger charge is 2.23. The number of aryl methyl sites for hydroxylation is 1. The molecule has 1 fully saturated rings. The first kappa shape index (κ1) is 19.3. The molecule has 0 saturated carbocycles. The predicted octanol–water partition coefficient (Wildman–Crippen LogP) is 4.88. The van der Waals surface area contributed by atoms with Crippen molar-refractivity contribution in [2.24, 2.45) is 0 Å². The maximum Gasteiger partial charge on any atom is 0.123 e. The monoisotopic (exact) mass is 421 g/mol. The fourth-order valence-electron chi connectivity index (χ4n) is 4.28. The SMILES string of the molecule is Cc1nc(-c2ccc(F)cc2)c(CCN2CCC(n3nnc4ccccc43)CC2)s1. The zero-order valence-corrected chi connectivity index (χ0v) is 17.8. The fraction of sp³-hybridized carbons (Fsp3) is 0.348. The van der Waals surface area contributed by atoms with Gasteiger partial charge < -0.3 is 4.90 Å². The Kier molecular flexibility index (Phi) is 5.31. The lowest BCUT2D eigenvalue weighted by atomic mass is 10.0. The number of hydrogen-bond acceptors (Lipinski definition) is 5. The van der Waals surface area contributed by atoms with Gasteiger partial charge in [0.2, 0.25) is 0 Å². The van der Waals surface area contributed by atoms with Crippen LogP contribution in [0.25, 0.3) is 22.3 Å². The van der Waals surface area contributed by atoms with Crippen LogP contribution in [0, 0.1) is 12.7 Å². The summed E-state index contributed by atoms with van der Waals surface area (Å²) < 4.78 is 15.4. The van der Waals surface area contributed by atoms with Gasteiger partial charge in [-0.3, -0.25) is 0 Å². The van der Waals surface area contributed by atoms with E-state index in [4.69, 9.17) is 4.98 Å². The van der Waals surface area contributed by atoms with Gasteiger partial charge in [-0.15, -0.1) is 16.4 Å². The lowest BCUT2D eigenvalue weighted by molar-refractivity contribution is 0.183. The normalized spacial score (nSPS) is 15.8. The van der Waals surface area contributed by atoms with Crippen LogP contribution in [-0.4, -0.2) is 44.5 Å². The molecule has 2 aromatic heterocycles. The molecule has 2 aromatic carbocycles. The third kappa shape index (κ3) is 3.87. The molecule has 154 valence electrons. The number of hydrogen-bond donors (Lipinski definition) is 0. The van der Waals surface area contributed by atoms with E-state index in [2.05, 4.69) is 26.0 Å². The molecule has 30 heavy (non-hydrogen) atoms. The molecule has 1 aliphatic rings. The molecule has 0 N–H and O–H groups in total. The summed E-state index contributed by atoms with van der Waals surface area (Å²) >= 11 is 1.75. The van der Waals surface area contributed by atoms with Gasteiger partial charge in [0.25, 0.3) is 0 Å². The van der Waals surface area contributed by atoms with Crippen molar-refractivity contribution in [2.45, 2.75) is 32.2 Å². The number of piperidine rings is 1. The summed E-state index contributed by atoms with van der Waals surface area (Å²) in [6.07, 6.45) is 3.13. The van der Waals surface area contributed by atoms with E-state index in [9.17, 15) is 4.39 Å². The Morgan fingerprint density at radius 3 is 2.63 bits per heavy atom. The van der Waals surface area contributed by atoms with Gasteiger partial charge >= 0.3 is 0 Å². The molecular weight excluding hydrogens is 397 g/mol. The topological polar surface area (TPSA) is 46.8 Å². The quantitative estimate of drug-likeness (QED) is 0.461. The van der Waals surface area contributed by atoms with Crippen molar-refractivity contribution < 1.29 is 4.39 Å². The summed E-state index contributed by atoms with van der Waals surface area (Å²) in [6, 6.07) is 15.2. The second-order valence-corrected chi connectivity index (χ2v) is 9.14. The van der Waals surface area contributed by atoms with Crippen LogP contribution >= 0.6 is 11.3 Å². The number of fused-ring (bicyclic) bond motifs is 1. The predicted molar refractivity (Wildman–Crippen MR) is 118 cm³/mol. The Balaban J connectivity index is 1.22. The number of halogens is 1. The molecule has 5 rings (SSSR count). The van der Waals surface area contributed by atoms with E-state index in [-0.39, 0.29) is 5.82 Å². The molecule has 0 radical (unpaired) electrons. The van der Waals surface area contributed by atoms with E-state index in [0.29, 0.717) is 6.04 Å². The summed E-state index contributed by atoms with van der Waals surface area (Å²) in [5.74, 6) is -0.213. The summed E-state index contributed by atoms with van der Waals surface area (Å²) in [5, 5.41) is 9.77. The molecule has 5 nitrogen and oxygen atoms in total. The maximum atomic E-state index is 13.3. The number of benzene rings is 2. The molecule has 1 aliphatic heterocycles. The number of aromatic nitrogens is 4.